The fourth-order valence-corrected chi connectivity index (χ4v) is 1.66. The maximum atomic E-state index is 11.9. The summed E-state index contributed by atoms with van der Waals surface area (Å²) in [6.45, 7) is 2.99. The Balaban J connectivity index is 2.13. The number of benzene rings is 1. The normalized spacial score (nSPS) is 14.8. The number of ether oxygens (including phenoxy) is 2. The van der Waals surface area contributed by atoms with Gasteiger partial charge in [-0.05, 0) is 24.6 Å². The van der Waals surface area contributed by atoms with Gasteiger partial charge in [-0.1, -0.05) is 6.07 Å². The smallest absolute Gasteiger partial charge is 0.336 e. The summed E-state index contributed by atoms with van der Waals surface area (Å²) >= 11 is 0. The van der Waals surface area contributed by atoms with Crippen LogP contribution in [-0.4, -0.2) is 32.4 Å². The van der Waals surface area contributed by atoms with Crippen LogP contribution in [0.3, 0.4) is 0 Å². The molecule has 1 heterocycles. The van der Waals surface area contributed by atoms with Crippen LogP contribution in [0.5, 0.6) is 5.75 Å². The lowest BCUT2D eigenvalue weighted by molar-refractivity contribution is 0.000372. The van der Waals surface area contributed by atoms with Gasteiger partial charge in [0.15, 0.2) is 0 Å². The van der Waals surface area contributed by atoms with Crippen LogP contribution in [0.4, 0.5) is 10.5 Å². The van der Waals surface area contributed by atoms with E-state index in [-0.39, 0.29) is 12.1 Å². The second-order valence-electron chi connectivity index (χ2n) is 4.23. The molecule has 2 amide bonds. The molecule has 18 heavy (non-hydrogen) atoms. The number of hydrogen-bond donors (Lipinski definition) is 2. The third-order valence-electron chi connectivity index (χ3n) is 2.78. The molecule has 2 rings (SSSR count). The highest BCUT2D eigenvalue weighted by Gasteiger charge is 2.24. The zero-order chi connectivity index (χ0) is 13.1. The largest absolute Gasteiger partial charge is 0.495 e. The average molecular weight is 251 g/mol. The molecule has 98 valence electrons. The van der Waals surface area contributed by atoms with E-state index >= 15 is 0 Å². The van der Waals surface area contributed by atoms with Crippen molar-refractivity contribution < 1.29 is 14.3 Å². The van der Waals surface area contributed by atoms with Gasteiger partial charge in [0.05, 0.1) is 26.4 Å². The van der Waals surface area contributed by atoms with Crippen molar-refractivity contribution in [3.05, 3.63) is 23.8 Å². The second-order valence-corrected chi connectivity index (χ2v) is 4.23. The quantitative estimate of drug-likeness (QED) is 0.473. The first kappa shape index (κ1) is 12.7. The molecule has 6 nitrogen and oxygen atoms in total. The van der Waals surface area contributed by atoms with Crippen LogP contribution in [0.25, 0.3) is 0 Å². The monoisotopic (exact) mass is 251 g/mol. The number of anilines is 1. The Bertz CT molecular complexity index is 446. The predicted molar refractivity (Wildman–Crippen MR) is 67.5 cm³/mol. The summed E-state index contributed by atoms with van der Waals surface area (Å²) in [5.74, 6) is 6.37. The molecule has 0 aliphatic carbocycles. The number of aryl methyl sites for hydroxylation is 1. The van der Waals surface area contributed by atoms with Gasteiger partial charge in [-0.15, -0.1) is 0 Å². The molecule has 3 N–H and O–H groups in total. The van der Waals surface area contributed by atoms with Gasteiger partial charge >= 0.3 is 6.03 Å². The third-order valence-corrected chi connectivity index (χ3v) is 2.78. The Hall–Kier alpha value is -1.79. The van der Waals surface area contributed by atoms with Crippen molar-refractivity contribution >= 4 is 11.7 Å². The zero-order valence-corrected chi connectivity index (χ0v) is 10.5. The van der Waals surface area contributed by atoms with Crippen LogP contribution < -0.4 is 20.9 Å². The molecule has 0 spiro atoms. The molecule has 0 saturated carbocycles. The van der Waals surface area contributed by atoms with E-state index in [2.05, 4.69) is 5.32 Å². The van der Waals surface area contributed by atoms with Crippen LogP contribution in [0.2, 0.25) is 0 Å². The Morgan fingerprint density at radius 3 is 2.83 bits per heavy atom. The molecule has 1 aliphatic heterocycles. The summed E-state index contributed by atoms with van der Waals surface area (Å²) < 4.78 is 10.2. The third kappa shape index (κ3) is 2.55. The highest BCUT2D eigenvalue weighted by atomic mass is 16.5. The number of methoxy groups -OCH3 is 1. The molecule has 0 unspecified atom stereocenters. The van der Waals surface area contributed by atoms with Gasteiger partial charge in [0.2, 0.25) is 0 Å². The number of carbonyl (C=O) groups excluding carboxylic acids is 1. The van der Waals surface area contributed by atoms with E-state index in [9.17, 15) is 4.79 Å². The molecular weight excluding hydrogens is 234 g/mol. The molecule has 0 bridgehead atoms. The van der Waals surface area contributed by atoms with Crippen molar-refractivity contribution in [3.63, 3.8) is 0 Å². The number of nitrogens with two attached hydrogens (primary N) is 1. The van der Waals surface area contributed by atoms with E-state index in [0.29, 0.717) is 24.7 Å². The Kier molecular flexibility index (Phi) is 3.69. The summed E-state index contributed by atoms with van der Waals surface area (Å²) in [7, 11) is 1.54. The summed E-state index contributed by atoms with van der Waals surface area (Å²) in [5.41, 5.74) is 1.54. The molecule has 1 fully saturated rings. The minimum Gasteiger partial charge on any atom is -0.495 e. The van der Waals surface area contributed by atoms with Crippen molar-refractivity contribution in [2.45, 2.75) is 13.0 Å². The Morgan fingerprint density at radius 2 is 2.28 bits per heavy atom. The number of nitrogens with one attached hydrogen (secondary N) is 1. The van der Waals surface area contributed by atoms with Crippen molar-refractivity contribution in [2.75, 3.05) is 25.3 Å². The topological polar surface area (TPSA) is 76.8 Å². The molecular formula is C12H17N3O3. The molecule has 1 aliphatic rings. The predicted octanol–water partition coefficient (Wildman–Crippen LogP) is 0.792. The van der Waals surface area contributed by atoms with Gasteiger partial charge in [0.1, 0.15) is 11.4 Å². The van der Waals surface area contributed by atoms with Gasteiger partial charge in [-0.2, -0.15) is 0 Å². The lowest BCUT2D eigenvalue weighted by atomic mass is 10.2. The highest BCUT2D eigenvalue weighted by molar-refractivity contribution is 5.92. The number of rotatable bonds is 3. The average Bonchev–Trinajstić information content (AvgIpc) is 2.32. The van der Waals surface area contributed by atoms with E-state index in [4.69, 9.17) is 15.3 Å². The van der Waals surface area contributed by atoms with E-state index in [0.717, 1.165) is 10.6 Å². The maximum absolute atomic E-state index is 11.9. The fraction of sp³-hybridized carbons (Fsp3) is 0.417. The number of carbonyl (C=O) groups is 1. The molecule has 1 aromatic rings. The SMILES string of the molecule is COc1ccc(C)cc1N(N)C(=O)NC1COC1. The van der Waals surface area contributed by atoms with Gasteiger partial charge in [0, 0.05) is 0 Å². The van der Waals surface area contributed by atoms with Gasteiger partial charge in [-0.25, -0.2) is 15.6 Å². The molecule has 6 heteroatoms. The first-order chi connectivity index (χ1) is 8.61. The minimum atomic E-state index is -0.368. The van der Waals surface area contributed by atoms with Crippen molar-refractivity contribution in [3.8, 4) is 5.75 Å². The van der Waals surface area contributed by atoms with Crippen LogP contribution in [0, 0.1) is 6.92 Å². The number of hydrogen-bond acceptors (Lipinski definition) is 4. The minimum absolute atomic E-state index is 0.0411. The number of nitrogens with zero attached hydrogens (tertiary/aromatic N) is 1. The van der Waals surface area contributed by atoms with Crippen LogP contribution >= 0.6 is 0 Å². The van der Waals surface area contributed by atoms with Gasteiger partial charge in [0.25, 0.3) is 0 Å². The number of amides is 2. The fourth-order valence-electron chi connectivity index (χ4n) is 1.66. The Labute approximate surface area is 106 Å². The molecule has 0 radical (unpaired) electrons. The first-order valence-electron chi connectivity index (χ1n) is 5.69. The number of urea groups is 1. The molecule has 1 aromatic carbocycles. The summed E-state index contributed by atoms with van der Waals surface area (Å²) in [5, 5.41) is 3.83. The van der Waals surface area contributed by atoms with E-state index < -0.39 is 0 Å². The van der Waals surface area contributed by atoms with Gasteiger partial charge in [-0.3, -0.25) is 0 Å². The summed E-state index contributed by atoms with van der Waals surface area (Å²) in [4.78, 5) is 11.9. The van der Waals surface area contributed by atoms with E-state index in [1.165, 1.54) is 0 Å². The van der Waals surface area contributed by atoms with Crippen molar-refractivity contribution in [2.24, 2.45) is 5.84 Å². The number of hydrazine groups is 1. The maximum Gasteiger partial charge on any atom is 0.336 e. The summed E-state index contributed by atoms with van der Waals surface area (Å²) in [6.07, 6.45) is 0. The lowest BCUT2D eigenvalue weighted by Gasteiger charge is -2.29. The second kappa shape index (κ2) is 5.24. The van der Waals surface area contributed by atoms with E-state index in [1.807, 2.05) is 13.0 Å². The molecule has 1 saturated heterocycles. The Morgan fingerprint density at radius 1 is 1.56 bits per heavy atom. The van der Waals surface area contributed by atoms with Crippen molar-refractivity contribution in [1.29, 1.82) is 0 Å². The van der Waals surface area contributed by atoms with Crippen molar-refractivity contribution in [1.82, 2.24) is 5.32 Å². The van der Waals surface area contributed by atoms with Crippen LogP contribution in [0.15, 0.2) is 18.2 Å². The summed E-state index contributed by atoms with van der Waals surface area (Å²) in [6, 6.07) is 5.15. The lowest BCUT2D eigenvalue weighted by Crippen LogP contribution is -2.55. The van der Waals surface area contributed by atoms with Gasteiger partial charge < -0.3 is 14.8 Å². The standard InChI is InChI=1S/C12H17N3O3/c1-8-3-4-11(17-2)10(5-8)15(13)12(16)14-9-6-18-7-9/h3-5,9H,6-7,13H2,1-2H3,(H,14,16). The molecule has 0 aromatic heterocycles. The van der Waals surface area contributed by atoms with Crippen LogP contribution in [0.1, 0.15) is 5.56 Å². The molecule has 0 atom stereocenters. The highest BCUT2D eigenvalue weighted by Crippen LogP contribution is 2.27. The zero-order valence-electron chi connectivity index (χ0n) is 10.5. The van der Waals surface area contributed by atoms with Crippen LogP contribution in [-0.2, 0) is 4.74 Å². The first-order valence-corrected chi connectivity index (χ1v) is 5.69. The van der Waals surface area contributed by atoms with E-state index in [1.54, 1.807) is 19.2 Å².